The SMILES string of the molecule is O=C(Cc1csc(-c2ccccn2)n1)Nc1cc(Cl)ccc1-n1cncn1. The van der Waals surface area contributed by atoms with Crippen LogP contribution in [0.4, 0.5) is 5.69 Å². The van der Waals surface area contributed by atoms with Gasteiger partial charge in [-0.1, -0.05) is 17.7 Å². The molecule has 134 valence electrons. The molecule has 9 heteroatoms. The molecule has 1 aromatic carbocycles. The van der Waals surface area contributed by atoms with Gasteiger partial charge in [0.05, 0.1) is 29.2 Å². The van der Waals surface area contributed by atoms with Crippen LogP contribution in [0.2, 0.25) is 5.02 Å². The molecule has 0 saturated carbocycles. The molecule has 0 unspecified atom stereocenters. The summed E-state index contributed by atoms with van der Waals surface area (Å²) < 4.78 is 1.56. The van der Waals surface area contributed by atoms with Crippen molar-refractivity contribution < 1.29 is 4.79 Å². The van der Waals surface area contributed by atoms with Gasteiger partial charge >= 0.3 is 0 Å². The number of hydrogen-bond acceptors (Lipinski definition) is 6. The summed E-state index contributed by atoms with van der Waals surface area (Å²) >= 11 is 7.54. The molecule has 0 saturated heterocycles. The molecule has 27 heavy (non-hydrogen) atoms. The summed E-state index contributed by atoms with van der Waals surface area (Å²) in [6.07, 6.45) is 4.84. The van der Waals surface area contributed by atoms with Crippen LogP contribution in [0.25, 0.3) is 16.4 Å². The van der Waals surface area contributed by atoms with Gasteiger partial charge in [0.25, 0.3) is 0 Å². The highest BCUT2D eigenvalue weighted by atomic mass is 35.5. The van der Waals surface area contributed by atoms with Crippen LogP contribution in [0.5, 0.6) is 0 Å². The molecule has 1 N–H and O–H groups in total. The highest BCUT2D eigenvalue weighted by molar-refractivity contribution is 7.13. The Kier molecular flexibility index (Phi) is 4.91. The highest BCUT2D eigenvalue weighted by Gasteiger charge is 2.13. The van der Waals surface area contributed by atoms with E-state index in [2.05, 4.69) is 25.4 Å². The zero-order valence-corrected chi connectivity index (χ0v) is 15.5. The summed E-state index contributed by atoms with van der Waals surface area (Å²) in [4.78, 5) is 25.2. The van der Waals surface area contributed by atoms with Gasteiger partial charge in [-0.2, -0.15) is 5.10 Å². The monoisotopic (exact) mass is 396 g/mol. The largest absolute Gasteiger partial charge is 0.324 e. The lowest BCUT2D eigenvalue weighted by atomic mass is 10.2. The average molecular weight is 397 g/mol. The molecular weight excluding hydrogens is 384 g/mol. The molecule has 3 heterocycles. The van der Waals surface area contributed by atoms with E-state index in [4.69, 9.17) is 11.6 Å². The third-order valence-electron chi connectivity index (χ3n) is 3.68. The predicted molar refractivity (Wildman–Crippen MR) is 104 cm³/mol. The molecule has 0 bridgehead atoms. The number of thiazole rings is 1. The molecule has 0 aliphatic heterocycles. The average Bonchev–Trinajstić information content (AvgIpc) is 3.35. The number of pyridine rings is 1. The molecule has 1 amide bonds. The number of nitrogens with one attached hydrogen (secondary N) is 1. The summed E-state index contributed by atoms with van der Waals surface area (Å²) in [5.41, 5.74) is 2.70. The maximum Gasteiger partial charge on any atom is 0.230 e. The highest BCUT2D eigenvalue weighted by Crippen LogP contribution is 2.25. The Hall–Kier alpha value is -3.10. The molecule has 0 atom stereocenters. The van der Waals surface area contributed by atoms with Gasteiger partial charge in [-0.25, -0.2) is 14.6 Å². The summed E-state index contributed by atoms with van der Waals surface area (Å²) in [7, 11) is 0. The van der Waals surface area contributed by atoms with E-state index in [-0.39, 0.29) is 12.3 Å². The Morgan fingerprint density at radius 2 is 2.19 bits per heavy atom. The first-order valence-corrected chi connectivity index (χ1v) is 9.25. The normalized spacial score (nSPS) is 10.7. The number of anilines is 1. The smallest absolute Gasteiger partial charge is 0.230 e. The van der Waals surface area contributed by atoms with E-state index in [0.29, 0.717) is 22.1 Å². The second-order valence-electron chi connectivity index (χ2n) is 5.59. The van der Waals surface area contributed by atoms with E-state index in [1.807, 2.05) is 23.6 Å². The fraction of sp³-hybridized carbons (Fsp3) is 0.0556. The van der Waals surface area contributed by atoms with E-state index >= 15 is 0 Å². The molecule has 4 rings (SSSR count). The van der Waals surface area contributed by atoms with Crippen molar-refractivity contribution >= 4 is 34.5 Å². The Bertz CT molecular complexity index is 1060. The van der Waals surface area contributed by atoms with E-state index < -0.39 is 0 Å². The lowest BCUT2D eigenvalue weighted by Crippen LogP contribution is -2.16. The molecule has 3 aromatic heterocycles. The third-order valence-corrected chi connectivity index (χ3v) is 4.82. The number of benzene rings is 1. The molecule has 0 radical (unpaired) electrons. The van der Waals surface area contributed by atoms with Gasteiger partial charge in [0, 0.05) is 16.6 Å². The van der Waals surface area contributed by atoms with Gasteiger partial charge in [0.1, 0.15) is 17.7 Å². The first-order chi connectivity index (χ1) is 13.2. The predicted octanol–water partition coefficient (Wildman–Crippen LogP) is 3.62. The maximum atomic E-state index is 12.5. The molecular formula is C18H13ClN6OS. The summed E-state index contributed by atoms with van der Waals surface area (Å²) in [5, 5.41) is 10.1. The van der Waals surface area contributed by atoms with Crippen LogP contribution in [-0.4, -0.2) is 30.6 Å². The number of carbonyl (C=O) groups is 1. The molecule has 7 nitrogen and oxygen atoms in total. The zero-order valence-electron chi connectivity index (χ0n) is 13.9. The topological polar surface area (TPSA) is 85.6 Å². The van der Waals surface area contributed by atoms with E-state index in [9.17, 15) is 4.79 Å². The number of aromatic nitrogens is 5. The Morgan fingerprint density at radius 3 is 2.96 bits per heavy atom. The van der Waals surface area contributed by atoms with E-state index in [1.165, 1.54) is 17.7 Å². The van der Waals surface area contributed by atoms with Gasteiger partial charge in [-0.3, -0.25) is 9.78 Å². The van der Waals surface area contributed by atoms with Crippen LogP contribution in [0.15, 0.2) is 60.6 Å². The van der Waals surface area contributed by atoms with Crippen molar-refractivity contribution in [2.45, 2.75) is 6.42 Å². The number of halogens is 1. The third kappa shape index (κ3) is 4.02. The van der Waals surface area contributed by atoms with Crippen LogP contribution in [0.1, 0.15) is 5.69 Å². The first kappa shape index (κ1) is 17.3. The first-order valence-electron chi connectivity index (χ1n) is 7.99. The summed E-state index contributed by atoms with van der Waals surface area (Å²) in [6, 6.07) is 10.8. The van der Waals surface area contributed by atoms with Crippen molar-refractivity contribution in [2.24, 2.45) is 0 Å². The van der Waals surface area contributed by atoms with Gasteiger partial charge in [-0.15, -0.1) is 11.3 Å². The van der Waals surface area contributed by atoms with Crippen molar-refractivity contribution in [3.05, 3.63) is 71.3 Å². The standard InChI is InChI=1S/C18H13ClN6OS/c19-12-4-5-16(25-11-20-10-22-25)15(7-12)24-17(26)8-13-9-27-18(23-13)14-3-1-2-6-21-14/h1-7,9-11H,8H2,(H,24,26). The molecule has 0 aliphatic carbocycles. The van der Waals surface area contributed by atoms with Crippen molar-refractivity contribution in [3.63, 3.8) is 0 Å². The minimum atomic E-state index is -0.198. The van der Waals surface area contributed by atoms with E-state index in [1.54, 1.807) is 35.4 Å². The van der Waals surface area contributed by atoms with Gasteiger partial charge in [0.2, 0.25) is 5.91 Å². The lowest BCUT2D eigenvalue weighted by Gasteiger charge is -2.11. The molecule has 0 spiro atoms. The maximum absolute atomic E-state index is 12.5. The summed E-state index contributed by atoms with van der Waals surface area (Å²) in [5.74, 6) is -0.198. The fourth-order valence-corrected chi connectivity index (χ4v) is 3.46. The number of carbonyl (C=O) groups excluding carboxylic acids is 1. The van der Waals surface area contributed by atoms with Crippen molar-refractivity contribution in [1.29, 1.82) is 0 Å². The number of hydrogen-bond donors (Lipinski definition) is 1. The Morgan fingerprint density at radius 1 is 1.26 bits per heavy atom. The van der Waals surface area contributed by atoms with Crippen molar-refractivity contribution in [1.82, 2.24) is 24.7 Å². The summed E-state index contributed by atoms with van der Waals surface area (Å²) in [6.45, 7) is 0. The second kappa shape index (κ2) is 7.65. The molecule has 0 aliphatic rings. The Balaban J connectivity index is 1.51. The molecule has 4 aromatic rings. The number of amides is 1. The minimum Gasteiger partial charge on any atom is -0.324 e. The van der Waals surface area contributed by atoms with Gasteiger partial charge in [-0.05, 0) is 30.3 Å². The van der Waals surface area contributed by atoms with E-state index in [0.717, 1.165) is 10.7 Å². The Labute approximate surface area is 163 Å². The van der Waals surface area contributed by atoms with Crippen LogP contribution < -0.4 is 5.32 Å². The zero-order chi connectivity index (χ0) is 18.6. The fourth-order valence-electron chi connectivity index (χ4n) is 2.49. The van der Waals surface area contributed by atoms with Gasteiger partial charge in [0.15, 0.2) is 0 Å². The van der Waals surface area contributed by atoms with Crippen molar-refractivity contribution in [3.8, 4) is 16.4 Å². The molecule has 0 fully saturated rings. The van der Waals surface area contributed by atoms with Gasteiger partial charge < -0.3 is 5.32 Å². The van der Waals surface area contributed by atoms with Crippen molar-refractivity contribution in [2.75, 3.05) is 5.32 Å². The number of nitrogens with zero attached hydrogens (tertiary/aromatic N) is 5. The van der Waals surface area contributed by atoms with Crippen LogP contribution in [-0.2, 0) is 11.2 Å². The number of rotatable bonds is 5. The quantitative estimate of drug-likeness (QED) is 0.556. The minimum absolute atomic E-state index is 0.145. The second-order valence-corrected chi connectivity index (χ2v) is 6.88. The van der Waals surface area contributed by atoms with Crippen LogP contribution in [0.3, 0.4) is 0 Å². The van der Waals surface area contributed by atoms with Crippen LogP contribution >= 0.6 is 22.9 Å². The lowest BCUT2D eigenvalue weighted by molar-refractivity contribution is -0.115. The van der Waals surface area contributed by atoms with Crippen LogP contribution in [0, 0.1) is 0 Å².